The topological polar surface area (TPSA) is 91.1 Å². The lowest BCUT2D eigenvalue weighted by Crippen LogP contribution is -2.20. The summed E-state index contributed by atoms with van der Waals surface area (Å²) in [5, 5.41) is 12.5. The molecule has 1 aliphatic carbocycles. The van der Waals surface area contributed by atoms with Crippen LogP contribution in [0.2, 0.25) is 0 Å². The molecular formula is C25H29N3O5. The summed E-state index contributed by atoms with van der Waals surface area (Å²) in [5.74, 6) is -0.0240. The van der Waals surface area contributed by atoms with Gasteiger partial charge in [-0.05, 0) is 24.3 Å². The third-order valence-corrected chi connectivity index (χ3v) is 5.42. The third-order valence-electron chi connectivity index (χ3n) is 5.42. The van der Waals surface area contributed by atoms with Gasteiger partial charge in [-0.25, -0.2) is 4.79 Å². The van der Waals surface area contributed by atoms with E-state index in [9.17, 15) is 4.79 Å². The Labute approximate surface area is 193 Å². The fourth-order valence-electron chi connectivity index (χ4n) is 3.74. The number of esters is 1. The Kier molecular flexibility index (Phi) is 8.57. The SMILES string of the molecule is CCC(=NOC)C(=NOCc1ccccc1C(=NOC)C(=O)OC)[C@@H]1C[C@H]1c1ccccc1. The van der Waals surface area contributed by atoms with Crippen molar-refractivity contribution >= 4 is 23.1 Å². The Bertz CT molecular complexity index is 1030. The number of nitrogens with zero attached hydrogens (tertiary/aromatic N) is 3. The van der Waals surface area contributed by atoms with Crippen LogP contribution >= 0.6 is 0 Å². The van der Waals surface area contributed by atoms with Gasteiger partial charge in [0.05, 0.1) is 7.11 Å². The smallest absolute Gasteiger partial charge is 0.360 e. The molecule has 2 aromatic rings. The van der Waals surface area contributed by atoms with Crippen LogP contribution in [0.5, 0.6) is 0 Å². The van der Waals surface area contributed by atoms with Crippen LogP contribution in [-0.4, -0.2) is 44.4 Å². The molecule has 0 aliphatic heterocycles. The molecule has 2 aromatic carbocycles. The number of rotatable bonds is 11. The van der Waals surface area contributed by atoms with Gasteiger partial charge in [-0.15, -0.1) is 0 Å². The predicted molar refractivity (Wildman–Crippen MR) is 126 cm³/mol. The Hall–Kier alpha value is -3.68. The largest absolute Gasteiger partial charge is 0.464 e. The van der Waals surface area contributed by atoms with Gasteiger partial charge in [-0.1, -0.05) is 77.0 Å². The van der Waals surface area contributed by atoms with Gasteiger partial charge in [0, 0.05) is 17.0 Å². The standard InChI is InChI=1S/C25H29N3O5/c1-5-22(26-31-3)23(21-15-20(21)17-11-7-6-8-12-17)28-33-16-18-13-9-10-14-19(18)24(27-32-4)25(29)30-2/h6-14,20-21H,5,15-16H2,1-4H3/t20-,21+/m0/s1. The number of ether oxygens (including phenoxy) is 1. The van der Waals surface area contributed by atoms with Crippen LogP contribution in [0.4, 0.5) is 0 Å². The van der Waals surface area contributed by atoms with Crippen LogP contribution in [0.15, 0.2) is 70.1 Å². The molecule has 174 valence electrons. The number of oxime groups is 3. The first-order valence-electron chi connectivity index (χ1n) is 10.8. The summed E-state index contributed by atoms with van der Waals surface area (Å²) in [5.41, 5.74) is 4.14. The number of hydrogen-bond acceptors (Lipinski definition) is 8. The van der Waals surface area contributed by atoms with Crippen molar-refractivity contribution in [2.75, 3.05) is 21.3 Å². The molecule has 0 spiro atoms. The highest BCUT2D eigenvalue weighted by atomic mass is 16.6. The molecule has 1 fully saturated rings. The summed E-state index contributed by atoms with van der Waals surface area (Å²) in [6.07, 6.45) is 1.64. The maximum absolute atomic E-state index is 12.2. The van der Waals surface area contributed by atoms with Gasteiger partial charge in [0.1, 0.15) is 32.2 Å². The highest BCUT2D eigenvalue weighted by molar-refractivity contribution is 6.44. The summed E-state index contributed by atoms with van der Waals surface area (Å²) in [7, 11) is 4.19. The van der Waals surface area contributed by atoms with Crippen LogP contribution < -0.4 is 0 Å². The number of benzene rings is 2. The lowest BCUT2D eigenvalue weighted by atomic mass is 10.0. The molecule has 2 atom stereocenters. The molecule has 3 rings (SSSR count). The summed E-state index contributed by atoms with van der Waals surface area (Å²) in [6.45, 7) is 2.14. The number of carbonyl (C=O) groups is 1. The molecule has 8 nitrogen and oxygen atoms in total. The maximum atomic E-state index is 12.2. The Morgan fingerprint density at radius 3 is 2.30 bits per heavy atom. The van der Waals surface area contributed by atoms with Gasteiger partial charge in [-0.3, -0.25) is 0 Å². The van der Waals surface area contributed by atoms with Crippen molar-refractivity contribution in [2.24, 2.45) is 21.4 Å². The molecule has 0 unspecified atom stereocenters. The molecule has 1 saturated carbocycles. The van der Waals surface area contributed by atoms with Gasteiger partial charge in [0.2, 0.25) is 0 Å². The number of hydrogen-bond donors (Lipinski definition) is 0. The highest BCUT2D eigenvalue weighted by Crippen LogP contribution is 2.48. The van der Waals surface area contributed by atoms with Crippen molar-refractivity contribution in [2.45, 2.75) is 32.3 Å². The minimum Gasteiger partial charge on any atom is -0.464 e. The quantitative estimate of drug-likeness (QED) is 0.289. The van der Waals surface area contributed by atoms with Gasteiger partial charge in [0.25, 0.3) is 0 Å². The number of methoxy groups -OCH3 is 1. The average Bonchev–Trinajstić information content (AvgIpc) is 3.65. The van der Waals surface area contributed by atoms with Gasteiger partial charge < -0.3 is 19.2 Å². The van der Waals surface area contributed by atoms with E-state index in [4.69, 9.17) is 19.2 Å². The van der Waals surface area contributed by atoms with E-state index in [2.05, 4.69) is 27.6 Å². The van der Waals surface area contributed by atoms with Crippen LogP contribution in [0.3, 0.4) is 0 Å². The van der Waals surface area contributed by atoms with E-state index in [1.807, 2.05) is 37.3 Å². The second kappa shape index (κ2) is 11.8. The normalized spacial score (nSPS) is 18.5. The Balaban J connectivity index is 1.83. The average molecular weight is 452 g/mol. The Morgan fingerprint density at radius 1 is 0.939 bits per heavy atom. The summed E-state index contributed by atoms with van der Waals surface area (Å²) in [6, 6.07) is 17.6. The number of carbonyl (C=O) groups excluding carboxylic acids is 1. The molecule has 0 N–H and O–H groups in total. The van der Waals surface area contributed by atoms with E-state index in [0.29, 0.717) is 17.9 Å². The molecule has 0 saturated heterocycles. The monoisotopic (exact) mass is 451 g/mol. The van der Waals surface area contributed by atoms with Crippen molar-refractivity contribution in [1.82, 2.24) is 0 Å². The second-order valence-electron chi connectivity index (χ2n) is 7.45. The van der Waals surface area contributed by atoms with E-state index in [1.54, 1.807) is 12.1 Å². The molecule has 0 amide bonds. The second-order valence-corrected chi connectivity index (χ2v) is 7.45. The first-order chi connectivity index (χ1) is 16.1. The van der Waals surface area contributed by atoms with E-state index >= 15 is 0 Å². The fourth-order valence-corrected chi connectivity index (χ4v) is 3.74. The van der Waals surface area contributed by atoms with Crippen LogP contribution in [0.25, 0.3) is 0 Å². The zero-order valence-electron chi connectivity index (χ0n) is 19.4. The van der Waals surface area contributed by atoms with E-state index in [1.165, 1.54) is 26.9 Å². The summed E-state index contributed by atoms with van der Waals surface area (Å²) in [4.78, 5) is 27.8. The zero-order valence-corrected chi connectivity index (χ0v) is 19.4. The van der Waals surface area contributed by atoms with Crippen molar-refractivity contribution in [3.63, 3.8) is 0 Å². The molecule has 0 aromatic heterocycles. The minimum absolute atomic E-state index is 0.0601. The van der Waals surface area contributed by atoms with E-state index in [-0.39, 0.29) is 18.2 Å². The zero-order chi connectivity index (χ0) is 23.6. The Morgan fingerprint density at radius 2 is 1.64 bits per heavy atom. The molecule has 0 heterocycles. The van der Waals surface area contributed by atoms with Crippen molar-refractivity contribution in [3.05, 3.63) is 71.3 Å². The summed E-state index contributed by atoms with van der Waals surface area (Å²) >= 11 is 0. The molecule has 0 radical (unpaired) electrons. The highest BCUT2D eigenvalue weighted by Gasteiger charge is 2.44. The van der Waals surface area contributed by atoms with Gasteiger partial charge in [0.15, 0.2) is 5.71 Å². The molecule has 1 aliphatic rings. The predicted octanol–water partition coefficient (Wildman–Crippen LogP) is 4.30. The third kappa shape index (κ3) is 5.97. The van der Waals surface area contributed by atoms with E-state index in [0.717, 1.165) is 23.4 Å². The first kappa shape index (κ1) is 24.0. The lowest BCUT2D eigenvalue weighted by Gasteiger charge is -2.11. The van der Waals surface area contributed by atoms with Crippen molar-refractivity contribution in [1.29, 1.82) is 0 Å². The van der Waals surface area contributed by atoms with Crippen LogP contribution in [-0.2, 0) is 30.7 Å². The van der Waals surface area contributed by atoms with Gasteiger partial charge in [-0.2, -0.15) is 0 Å². The van der Waals surface area contributed by atoms with E-state index < -0.39 is 5.97 Å². The minimum atomic E-state index is -0.599. The fraction of sp³-hybridized carbons (Fsp3) is 0.360. The van der Waals surface area contributed by atoms with Gasteiger partial charge >= 0.3 is 5.97 Å². The molecular weight excluding hydrogens is 422 g/mol. The van der Waals surface area contributed by atoms with Crippen LogP contribution in [0.1, 0.15) is 42.4 Å². The summed E-state index contributed by atoms with van der Waals surface area (Å²) < 4.78 is 4.84. The molecule has 0 bridgehead atoms. The van der Waals surface area contributed by atoms with Crippen molar-refractivity contribution < 1.29 is 24.0 Å². The van der Waals surface area contributed by atoms with Crippen LogP contribution in [0, 0.1) is 5.92 Å². The molecule has 8 heteroatoms. The maximum Gasteiger partial charge on any atom is 0.360 e. The van der Waals surface area contributed by atoms with Crippen molar-refractivity contribution in [3.8, 4) is 0 Å². The molecule has 33 heavy (non-hydrogen) atoms. The lowest BCUT2D eigenvalue weighted by molar-refractivity contribution is -0.132. The first-order valence-corrected chi connectivity index (χ1v) is 10.8.